The highest BCUT2D eigenvalue weighted by Crippen LogP contribution is 2.24. The molecular weight excluding hydrogens is 292 g/mol. The van der Waals surface area contributed by atoms with Crippen LogP contribution in [0.2, 0.25) is 0 Å². The van der Waals surface area contributed by atoms with E-state index in [0.717, 1.165) is 23.8 Å². The van der Waals surface area contributed by atoms with Gasteiger partial charge in [0.2, 0.25) is 0 Å². The van der Waals surface area contributed by atoms with Gasteiger partial charge in [-0.3, -0.25) is 4.79 Å². The Morgan fingerprint density at radius 3 is 2.95 bits per heavy atom. The highest BCUT2D eigenvalue weighted by Gasteiger charge is 2.14. The van der Waals surface area contributed by atoms with Crippen LogP contribution < -0.4 is 0 Å². The molecule has 2 aromatic heterocycles. The van der Waals surface area contributed by atoms with E-state index in [1.54, 1.807) is 11.3 Å². The molecule has 0 aromatic carbocycles. The lowest BCUT2D eigenvalue weighted by molar-refractivity contribution is -0.133. The number of aromatic nitrogens is 2. The van der Waals surface area contributed by atoms with Crippen molar-refractivity contribution >= 4 is 29.1 Å². The van der Waals surface area contributed by atoms with Gasteiger partial charge in [-0.15, -0.1) is 0 Å². The normalized spacial score (nSPS) is 11.2. The zero-order chi connectivity index (χ0) is 14.5. The van der Waals surface area contributed by atoms with Crippen LogP contribution in [-0.2, 0) is 17.8 Å². The summed E-state index contributed by atoms with van der Waals surface area (Å²) in [6, 6.07) is 2.13. The Kier molecular flexibility index (Phi) is 5.25. The third-order valence-electron chi connectivity index (χ3n) is 2.97. The first-order valence-electron chi connectivity index (χ1n) is 6.49. The largest absolute Gasteiger partial charge is 0.481 e. The lowest BCUT2D eigenvalue weighted by Gasteiger charge is -2.13. The van der Waals surface area contributed by atoms with Crippen LogP contribution in [0.5, 0.6) is 0 Å². The average molecular weight is 310 g/mol. The molecule has 2 rings (SSSR count). The predicted octanol–water partition coefficient (Wildman–Crippen LogP) is 3.49. The van der Waals surface area contributed by atoms with E-state index in [4.69, 9.17) is 5.11 Å². The number of hydrogen-bond acceptors (Lipinski definition) is 4. The minimum Gasteiger partial charge on any atom is -0.481 e. The summed E-state index contributed by atoms with van der Waals surface area (Å²) in [5.74, 6) is -0.384. The smallest absolute Gasteiger partial charge is 0.313 e. The van der Waals surface area contributed by atoms with Crippen LogP contribution in [0.1, 0.15) is 31.0 Å². The molecule has 0 spiro atoms. The number of thioether (sulfide) groups is 1. The van der Waals surface area contributed by atoms with Crippen molar-refractivity contribution in [1.29, 1.82) is 0 Å². The first-order chi connectivity index (χ1) is 9.58. The van der Waals surface area contributed by atoms with E-state index in [2.05, 4.69) is 40.2 Å². The number of carboxylic acids is 1. The standard InChI is InChI=1S/C14H18N2O2S2/c1-10(2)12-7-15-14(20-9-13(17)18)16(12)5-3-11-4-6-19-8-11/h4,6-8,10H,3,5,9H2,1-2H3,(H,17,18). The van der Waals surface area contributed by atoms with E-state index in [1.807, 2.05) is 6.20 Å². The molecule has 108 valence electrons. The van der Waals surface area contributed by atoms with E-state index in [9.17, 15) is 4.79 Å². The molecule has 0 aliphatic carbocycles. The molecule has 0 saturated carbocycles. The van der Waals surface area contributed by atoms with E-state index in [1.165, 1.54) is 17.3 Å². The van der Waals surface area contributed by atoms with Crippen molar-refractivity contribution in [2.75, 3.05) is 5.75 Å². The third kappa shape index (κ3) is 3.86. The average Bonchev–Trinajstić information content (AvgIpc) is 3.03. The maximum absolute atomic E-state index is 10.7. The first-order valence-corrected chi connectivity index (χ1v) is 8.42. The van der Waals surface area contributed by atoms with Gasteiger partial charge in [-0.2, -0.15) is 11.3 Å². The molecule has 4 nitrogen and oxygen atoms in total. The molecule has 2 aromatic rings. The van der Waals surface area contributed by atoms with Gasteiger partial charge in [-0.1, -0.05) is 25.6 Å². The molecule has 20 heavy (non-hydrogen) atoms. The molecule has 0 amide bonds. The molecule has 1 N–H and O–H groups in total. The van der Waals surface area contributed by atoms with Gasteiger partial charge in [0, 0.05) is 18.4 Å². The number of rotatable bonds is 7. The Hall–Kier alpha value is -1.27. The zero-order valence-corrected chi connectivity index (χ0v) is 13.2. The fraction of sp³-hybridized carbons (Fsp3) is 0.429. The van der Waals surface area contributed by atoms with Crippen LogP contribution in [0.3, 0.4) is 0 Å². The second kappa shape index (κ2) is 6.95. The highest BCUT2D eigenvalue weighted by molar-refractivity contribution is 7.99. The summed E-state index contributed by atoms with van der Waals surface area (Å²) >= 11 is 2.98. The maximum atomic E-state index is 10.7. The van der Waals surface area contributed by atoms with Gasteiger partial charge in [0.05, 0.1) is 5.75 Å². The third-order valence-corrected chi connectivity index (χ3v) is 4.68. The number of imidazole rings is 1. The van der Waals surface area contributed by atoms with Gasteiger partial charge in [0.25, 0.3) is 0 Å². The fourth-order valence-electron chi connectivity index (χ4n) is 1.97. The van der Waals surface area contributed by atoms with Crippen LogP contribution >= 0.6 is 23.1 Å². The van der Waals surface area contributed by atoms with Gasteiger partial charge in [-0.05, 0) is 34.7 Å². The van der Waals surface area contributed by atoms with E-state index >= 15 is 0 Å². The van der Waals surface area contributed by atoms with Crippen LogP contribution in [0.15, 0.2) is 28.2 Å². The number of aliphatic carboxylic acids is 1. The van der Waals surface area contributed by atoms with Crippen LogP contribution in [-0.4, -0.2) is 26.4 Å². The van der Waals surface area contributed by atoms with E-state index in [-0.39, 0.29) is 5.75 Å². The minimum atomic E-state index is -0.812. The molecule has 0 atom stereocenters. The summed E-state index contributed by atoms with van der Waals surface area (Å²) in [6.07, 6.45) is 2.81. The van der Waals surface area contributed by atoms with Crippen molar-refractivity contribution in [3.8, 4) is 0 Å². The SMILES string of the molecule is CC(C)c1cnc(SCC(=O)O)n1CCc1ccsc1. The lowest BCUT2D eigenvalue weighted by atomic mass is 10.1. The van der Waals surface area contributed by atoms with Gasteiger partial charge < -0.3 is 9.67 Å². The Bertz CT molecular complexity index is 562. The second-order valence-electron chi connectivity index (χ2n) is 4.84. The Balaban J connectivity index is 2.13. The number of carbonyl (C=O) groups is 1. The maximum Gasteiger partial charge on any atom is 0.313 e. The molecule has 2 heterocycles. The molecule has 6 heteroatoms. The summed E-state index contributed by atoms with van der Waals surface area (Å²) < 4.78 is 2.15. The summed E-state index contributed by atoms with van der Waals surface area (Å²) in [4.78, 5) is 15.1. The van der Waals surface area contributed by atoms with Crippen molar-refractivity contribution in [1.82, 2.24) is 9.55 Å². The van der Waals surface area contributed by atoms with Crippen LogP contribution in [0.4, 0.5) is 0 Å². The van der Waals surface area contributed by atoms with Gasteiger partial charge in [0.1, 0.15) is 0 Å². The number of nitrogens with zero attached hydrogens (tertiary/aromatic N) is 2. The number of carboxylic acid groups (broad SMARTS) is 1. The van der Waals surface area contributed by atoms with Gasteiger partial charge >= 0.3 is 5.97 Å². The molecule has 0 bridgehead atoms. The van der Waals surface area contributed by atoms with Gasteiger partial charge in [-0.25, -0.2) is 4.98 Å². The predicted molar refractivity (Wildman–Crippen MR) is 82.7 cm³/mol. The molecule has 0 unspecified atom stereocenters. The molecule has 0 saturated heterocycles. The molecule has 0 aliphatic rings. The van der Waals surface area contributed by atoms with Crippen molar-refractivity contribution in [2.24, 2.45) is 0 Å². The first kappa shape index (κ1) is 15.1. The number of hydrogen-bond donors (Lipinski definition) is 1. The molecular formula is C14H18N2O2S2. The minimum absolute atomic E-state index is 0.0486. The van der Waals surface area contributed by atoms with Gasteiger partial charge in [0.15, 0.2) is 5.16 Å². The molecule has 0 aliphatic heterocycles. The second-order valence-corrected chi connectivity index (χ2v) is 6.56. The number of thiophene rings is 1. The summed E-state index contributed by atoms with van der Waals surface area (Å²) in [5.41, 5.74) is 2.47. The monoisotopic (exact) mass is 310 g/mol. The summed E-state index contributed by atoms with van der Waals surface area (Å²) in [6.45, 7) is 5.10. The van der Waals surface area contributed by atoms with Crippen molar-refractivity contribution in [3.05, 3.63) is 34.3 Å². The van der Waals surface area contributed by atoms with Crippen molar-refractivity contribution < 1.29 is 9.90 Å². The highest BCUT2D eigenvalue weighted by atomic mass is 32.2. The van der Waals surface area contributed by atoms with Crippen LogP contribution in [0.25, 0.3) is 0 Å². The van der Waals surface area contributed by atoms with Crippen molar-refractivity contribution in [2.45, 2.75) is 37.9 Å². The molecule has 0 radical (unpaired) electrons. The topological polar surface area (TPSA) is 55.1 Å². The Morgan fingerprint density at radius 2 is 2.35 bits per heavy atom. The summed E-state index contributed by atoms with van der Waals surface area (Å²) in [7, 11) is 0. The number of aryl methyl sites for hydroxylation is 1. The Morgan fingerprint density at radius 1 is 1.55 bits per heavy atom. The van der Waals surface area contributed by atoms with E-state index < -0.39 is 5.97 Å². The van der Waals surface area contributed by atoms with Crippen LogP contribution in [0, 0.1) is 0 Å². The van der Waals surface area contributed by atoms with E-state index in [0.29, 0.717) is 5.92 Å². The fourth-order valence-corrected chi connectivity index (χ4v) is 3.41. The zero-order valence-electron chi connectivity index (χ0n) is 11.6. The Labute approximate surface area is 126 Å². The lowest BCUT2D eigenvalue weighted by Crippen LogP contribution is -2.09. The van der Waals surface area contributed by atoms with Crippen molar-refractivity contribution in [3.63, 3.8) is 0 Å². The molecule has 0 fully saturated rings. The summed E-state index contributed by atoms with van der Waals surface area (Å²) in [5, 5.41) is 13.8. The quantitative estimate of drug-likeness (QED) is 0.795.